The third-order valence-electron chi connectivity index (χ3n) is 1.67. The minimum atomic E-state index is -3.90. The third kappa shape index (κ3) is 2.16. The highest BCUT2D eigenvalue weighted by Crippen LogP contribution is 2.30. The Morgan fingerprint density at radius 2 is 2.14 bits per heavy atom. The van der Waals surface area contributed by atoms with E-state index < -0.39 is 15.7 Å². The van der Waals surface area contributed by atoms with Crippen LogP contribution in [-0.2, 0) is 15.7 Å². The molecule has 0 heterocycles. The fourth-order valence-electron chi connectivity index (χ4n) is 1.09. The SMILES string of the molecule is COc1c(CF)cccc1S(=O)(=O)Cl. The molecule has 0 aliphatic carbocycles. The van der Waals surface area contributed by atoms with E-state index in [-0.39, 0.29) is 16.2 Å². The van der Waals surface area contributed by atoms with Crippen molar-refractivity contribution in [3.8, 4) is 5.75 Å². The first kappa shape index (κ1) is 11.3. The van der Waals surface area contributed by atoms with Crippen molar-refractivity contribution in [2.75, 3.05) is 7.11 Å². The number of halogens is 2. The predicted molar refractivity (Wildman–Crippen MR) is 50.8 cm³/mol. The minimum Gasteiger partial charge on any atom is -0.495 e. The van der Waals surface area contributed by atoms with Crippen LogP contribution < -0.4 is 4.74 Å². The van der Waals surface area contributed by atoms with Crippen LogP contribution in [-0.4, -0.2) is 15.5 Å². The van der Waals surface area contributed by atoms with Gasteiger partial charge in [0, 0.05) is 16.2 Å². The number of hydrogen-bond donors (Lipinski definition) is 0. The van der Waals surface area contributed by atoms with Gasteiger partial charge in [0.2, 0.25) is 0 Å². The summed E-state index contributed by atoms with van der Waals surface area (Å²) in [6.07, 6.45) is 0. The first-order valence-electron chi connectivity index (χ1n) is 3.67. The normalized spacial score (nSPS) is 11.4. The summed E-state index contributed by atoms with van der Waals surface area (Å²) in [5.74, 6) is -0.0370. The molecule has 0 N–H and O–H groups in total. The van der Waals surface area contributed by atoms with Gasteiger partial charge in [-0.05, 0) is 6.07 Å². The van der Waals surface area contributed by atoms with Crippen molar-refractivity contribution in [3.05, 3.63) is 23.8 Å². The average molecular weight is 239 g/mol. The van der Waals surface area contributed by atoms with Crippen LogP contribution >= 0.6 is 10.7 Å². The number of alkyl halides is 1. The standard InChI is InChI=1S/C8H8ClFO3S/c1-13-8-6(5-10)3-2-4-7(8)14(9,11)12/h2-4H,5H2,1H3. The quantitative estimate of drug-likeness (QED) is 0.758. The summed E-state index contributed by atoms with van der Waals surface area (Å²) in [5.41, 5.74) is 0.161. The molecule has 6 heteroatoms. The Balaban J connectivity index is 3.45. The van der Waals surface area contributed by atoms with Crippen LogP contribution in [0.3, 0.4) is 0 Å². The summed E-state index contributed by atoms with van der Waals surface area (Å²) in [5, 5.41) is 0. The van der Waals surface area contributed by atoms with E-state index in [2.05, 4.69) is 0 Å². The van der Waals surface area contributed by atoms with E-state index in [4.69, 9.17) is 15.4 Å². The topological polar surface area (TPSA) is 43.4 Å². The predicted octanol–water partition coefficient (Wildman–Crippen LogP) is 2.09. The number of hydrogen-bond acceptors (Lipinski definition) is 3. The number of benzene rings is 1. The molecule has 0 unspecified atom stereocenters. The maximum Gasteiger partial charge on any atom is 0.264 e. The van der Waals surface area contributed by atoms with Crippen molar-refractivity contribution >= 4 is 19.7 Å². The molecule has 0 radical (unpaired) electrons. The van der Waals surface area contributed by atoms with Crippen LogP contribution in [0.5, 0.6) is 5.75 Å². The first-order valence-corrected chi connectivity index (χ1v) is 5.98. The highest BCUT2D eigenvalue weighted by molar-refractivity contribution is 8.13. The number of ether oxygens (including phenoxy) is 1. The minimum absolute atomic E-state index is 0.0370. The number of methoxy groups -OCH3 is 1. The smallest absolute Gasteiger partial charge is 0.264 e. The molecule has 0 aliphatic heterocycles. The van der Waals surface area contributed by atoms with E-state index in [1.165, 1.54) is 25.3 Å². The largest absolute Gasteiger partial charge is 0.495 e. The highest BCUT2D eigenvalue weighted by atomic mass is 35.7. The second kappa shape index (κ2) is 4.14. The lowest BCUT2D eigenvalue weighted by Gasteiger charge is -2.08. The van der Waals surface area contributed by atoms with Gasteiger partial charge in [-0.25, -0.2) is 12.8 Å². The molecule has 0 saturated heterocycles. The van der Waals surface area contributed by atoms with Crippen molar-refractivity contribution in [1.82, 2.24) is 0 Å². The molecular formula is C8H8ClFO3S. The van der Waals surface area contributed by atoms with E-state index in [1.54, 1.807) is 0 Å². The molecule has 78 valence electrons. The molecular weight excluding hydrogens is 231 g/mol. The fraction of sp³-hybridized carbons (Fsp3) is 0.250. The Morgan fingerprint density at radius 3 is 2.57 bits per heavy atom. The first-order chi connectivity index (χ1) is 6.50. The molecule has 14 heavy (non-hydrogen) atoms. The molecule has 3 nitrogen and oxygen atoms in total. The zero-order valence-electron chi connectivity index (χ0n) is 7.33. The van der Waals surface area contributed by atoms with Crippen molar-refractivity contribution in [3.63, 3.8) is 0 Å². The van der Waals surface area contributed by atoms with Crippen molar-refractivity contribution in [2.24, 2.45) is 0 Å². The van der Waals surface area contributed by atoms with Crippen LogP contribution in [0.2, 0.25) is 0 Å². The summed E-state index contributed by atoms with van der Waals surface area (Å²) in [6.45, 7) is -0.802. The lowest BCUT2D eigenvalue weighted by Crippen LogP contribution is -1.99. The van der Waals surface area contributed by atoms with E-state index in [0.717, 1.165) is 0 Å². The maximum absolute atomic E-state index is 12.4. The molecule has 1 rings (SSSR count). The van der Waals surface area contributed by atoms with Crippen molar-refractivity contribution in [1.29, 1.82) is 0 Å². The Hall–Kier alpha value is -0.810. The Bertz CT molecular complexity index is 430. The monoisotopic (exact) mass is 238 g/mol. The van der Waals surface area contributed by atoms with Gasteiger partial charge in [-0.2, -0.15) is 0 Å². The number of para-hydroxylation sites is 1. The Kier molecular flexibility index (Phi) is 3.34. The summed E-state index contributed by atoms with van der Waals surface area (Å²) in [6, 6.07) is 4.11. The molecule has 0 saturated carbocycles. The Morgan fingerprint density at radius 1 is 1.50 bits per heavy atom. The van der Waals surface area contributed by atoms with Crippen LogP contribution in [0.1, 0.15) is 5.56 Å². The average Bonchev–Trinajstić information content (AvgIpc) is 2.15. The van der Waals surface area contributed by atoms with Gasteiger partial charge >= 0.3 is 0 Å². The van der Waals surface area contributed by atoms with Gasteiger partial charge in [0.25, 0.3) is 9.05 Å². The molecule has 1 aromatic carbocycles. The number of rotatable bonds is 3. The Labute approximate surface area is 85.9 Å². The summed E-state index contributed by atoms with van der Waals surface area (Å²) >= 11 is 0. The van der Waals surface area contributed by atoms with Gasteiger partial charge in [0.15, 0.2) is 0 Å². The van der Waals surface area contributed by atoms with Crippen LogP contribution in [0, 0.1) is 0 Å². The van der Waals surface area contributed by atoms with Crippen LogP contribution in [0.15, 0.2) is 23.1 Å². The van der Waals surface area contributed by atoms with Crippen molar-refractivity contribution < 1.29 is 17.5 Å². The second-order valence-corrected chi connectivity index (χ2v) is 5.05. The summed E-state index contributed by atoms with van der Waals surface area (Å²) < 4.78 is 39.3. The molecule has 0 atom stereocenters. The maximum atomic E-state index is 12.4. The van der Waals surface area contributed by atoms with E-state index >= 15 is 0 Å². The van der Waals surface area contributed by atoms with Gasteiger partial charge in [-0.1, -0.05) is 12.1 Å². The van der Waals surface area contributed by atoms with E-state index in [1.807, 2.05) is 0 Å². The van der Waals surface area contributed by atoms with Crippen molar-refractivity contribution in [2.45, 2.75) is 11.6 Å². The van der Waals surface area contributed by atoms with Gasteiger partial charge < -0.3 is 4.74 Å². The molecule has 0 bridgehead atoms. The zero-order chi connectivity index (χ0) is 10.8. The lowest BCUT2D eigenvalue weighted by molar-refractivity contribution is 0.383. The molecule has 0 aliphatic rings. The van der Waals surface area contributed by atoms with E-state index in [9.17, 15) is 12.8 Å². The molecule has 0 spiro atoms. The van der Waals surface area contributed by atoms with Gasteiger partial charge in [0.05, 0.1) is 7.11 Å². The molecule has 1 aromatic rings. The van der Waals surface area contributed by atoms with Gasteiger partial charge in [-0.3, -0.25) is 0 Å². The molecule has 0 aromatic heterocycles. The summed E-state index contributed by atoms with van der Waals surface area (Å²) in [4.78, 5) is -0.211. The zero-order valence-corrected chi connectivity index (χ0v) is 8.90. The molecule has 0 fully saturated rings. The van der Waals surface area contributed by atoms with Crippen LogP contribution in [0.25, 0.3) is 0 Å². The van der Waals surface area contributed by atoms with E-state index in [0.29, 0.717) is 0 Å². The van der Waals surface area contributed by atoms with Crippen LogP contribution in [0.4, 0.5) is 4.39 Å². The second-order valence-electron chi connectivity index (χ2n) is 2.52. The fourth-order valence-corrected chi connectivity index (χ4v) is 2.13. The summed E-state index contributed by atoms with van der Waals surface area (Å²) in [7, 11) is 2.51. The van der Waals surface area contributed by atoms with Gasteiger partial charge in [-0.15, -0.1) is 0 Å². The third-order valence-corrected chi connectivity index (χ3v) is 3.02. The molecule has 0 amide bonds. The lowest BCUT2D eigenvalue weighted by atomic mass is 10.2. The van der Waals surface area contributed by atoms with Gasteiger partial charge in [0.1, 0.15) is 17.3 Å². The highest BCUT2D eigenvalue weighted by Gasteiger charge is 2.18.